The molecule has 3 aromatic rings. The molecule has 1 aliphatic rings. The van der Waals surface area contributed by atoms with Gasteiger partial charge in [-0.2, -0.15) is 0 Å². The Balaban J connectivity index is 1.36. The summed E-state index contributed by atoms with van der Waals surface area (Å²) in [7, 11) is 0. The first-order valence-electron chi connectivity index (χ1n) is 10.6. The fourth-order valence-corrected chi connectivity index (χ4v) is 3.60. The number of carbonyl (C=O) groups excluding carboxylic acids is 1. The molecule has 1 N–H and O–H groups in total. The topological polar surface area (TPSA) is 70.6 Å². The molecule has 0 aliphatic carbocycles. The van der Waals surface area contributed by atoms with Crippen LogP contribution in [0.15, 0.2) is 60.7 Å². The van der Waals surface area contributed by atoms with Gasteiger partial charge in [-0.15, -0.1) is 0 Å². The normalized spacial score (nSPS) is 13.7. The first kappa shape index (κ1) is 20.7. The molecule has 1 amide bonds. The van der Waals surface area contributed by atoms with Gasteiger partial charge < -0.3 is 19.9 Å². The molecule has 0 unspecified atom stereocenters. The fourth-order valence-electron chi connectivity index (χ4n) is 3.60. The van der Waals surface area contributed by atoms with Crippen molar-refractivity contribution >= 4 is 17.5 Å². The number of ether oxygens (including phenoxy) is 1. The van der Waals surface area contributed by atoms with Crippen molar-refractivity contribution in [3.63, 3.8) is 0 Å². The number of rotatable bonds is 6. The van der Waals surface area contributed by atoms with Crippen LogP contribution in [0.5, 0.6) is 11.5 Å². The molecule has 7 heteroatoms. The lowest BCUT2D eigenvalue weighted by Gasteiger charge is -2.35. The van der Waals surface area contributed by atoms with Gasteiger partial charge in [-0.1, -0.05) is 18.2 Å². The molecule has 0 saturated carbocycles. The zero-order valence-corrected chi connectivity index (χ0v) is 17.9. The van der Waals surface area contributed by atoms with Gasteiger partial charge in [0.05, 0.1) is 0 Å². The average molecular weight is 418 g/mol. The number of aromatic nitrogens is 2. The molecule has 31 heavy (non-hydrogen) atoms. The van der Waals surface area contributed by atoms with Crippen LogP contribution in [-0.2, 0) is 0 Å². The van der Waals surface area contributed by atoms with Gasteiger partial charge in [-0.05, 0) is 50.2 Å². The maximum absolute atomic E-state index is 12.9. The van der Waals surface area contributed by atoms with Gasteiger partial charge in [0.2, 0.25) is 0 Å². The van der Waals surface area contributed by atoms with E-state index in [4.69, 9.17) is 4.74 Å². The largest absolute Gasteiger partial charge is 0.457 e. The summed E-state index contributed by atoms with van der Waals surface area (Å²) < 4.78 is 5.81. The molecule has 1 saturated heterocycles. The number of carbonyl (C=O) groups is 1. The summed E-state index contributed by atoms with van der Waals surface area (Å²) in [6, 6.07) is 18.9. The zero-order chi connectivity index (χ0) is 21.6. The van der Waals surface area contributed by atoms with Crippen LogP contribution in [0.1, 0.15) is 23.1 Å². The Kier molecular flexibility index (Phi) is 6.31. The summed E-state index contributed by atoms with van der Waals surface area (Å²) >= 11 is 0. The van der Waals surface area contributed by atoms with Crippen LogP contribution >= 0.6 is 0 Å². The van der Waals surface area contributed by atoms with Gasteiger partial charge >= 0.3 is 0 Å². The van der Waals surface area contributed by atoms with E-state index in [0.717, 1.165) is 42.8 Å². The Labute approximate surface area is 182 Å². The van der Waals surface area contributed by atoms with Crippen LogP contribution in [0, 0.1) is 6.92 Å². The van der Waals surface area contributed by atoms with Crippen molar-refractivity contribution in [1.29, 1.82) is 0 Å². The SMILES string of the molecule is CCNc1cc(N2CCN(C(=O)c3ccc(Oc4ccccc4)cc3)CC2)nc(C)n1. The number of para-hydroxylation sites is 1. The molecule has 1 aromatic heterocycles. The highest BCUT2D eigenvalue weighted by Crippen LogP contribution is 2.22. The van der Waals surface area contributed by atoms with E-state index in [0.29, 0.717) is 24.4 Å². The summed E-state index contributed by atoms with van der Waals surface area (Å²) in [5, 5.41) is 3.24. The minimum atomic E-state index is 0.0399. The summed E-state index contributed by atoms with van der Waals surface area (Å²) in [5.41, 5.74) is 0.668. The van der Waals surface area contributed by atoms with Crippen molar-refractivity contribution in [1.82, 2.24) is 14.9 Å². The monoisotopic (exact) mass is 417 g/mol. The Morgan fingerprint density at radius 1 is 0.968 bits per heavy atom. The molecule has 1 aliphatic heterocycles. The van der Waals surface area contributed by atoms with Crippen LogP contribution in [0.2, 0.25) is 0 Å². The first-order chi connectivity index (χ1) is 15.1. The summed E-state index contributed by atoms with van der Waals surface area (Å²) in [5.74, 6) is 4.00. The number of nitrogens with zero attached hydrogens (tertiary/aromatic N) is 4. The van der Waals surface area contributed by atoms with Crippen LogP contribution in [-0.4, -0.2) is 53.5 Å². The van der Waals surface area contributed by atoms with Crippen molar-refractivity contribution in [2.75, 3.05) is 42.9 Å². The molecule has 0 atom stereocenters. The van der Waals surface area contributed by atoms with Gasteiger partial charge in [0.25, 0.3) is 5.91 Å². The first-order valence-corrected chi connectivity index (χ1v) is 10.6. The second kappa shape index (κ2) is 9.47. The Morgan fingerprint density at radius 3 is 2.32 bits per heavy atom. The number of piperazine rings is 1. The highest BCUT2D eigenvalue weighted by molar-refractivity contribution is 5.94. The van der Waals surface area contributed by atoms with E-state index in [1.54, 1.807) is 0 Å². The van der Waals surface area contributed by atoms with Crippen molar-refractivity contribution in [2.45, 2.75) is 13.8 Å². The molecule has 2 aromatic carbocycles. The van der Waals surface area contributed by atoms with E-state index < -0.39 is 0 Å². The number of anilines is 2. The van der Waals surface area contributed by atoms with E-state index >= 15 is 0 Å². The van der Waals surface area contributed by atoms with Crippen molar-refractivity contribution in [2.24, 2.45) is 0 Å². The number of hydrogen-bond acceptors (Lipinski definition) is 6. The lowest BCUT2D eigenvalue weighted by atomic mass is 10.1. The van der Waals surface area contributed by atoms with Gasteiger partial charge in [-0.25, -0.2) is 9.97 Å². The molecule has 7 nitrogen and oxygen atoms in total. The van der Waals surface area contributed by atoms with Crippen LogP contribution in [0.3, 0.4) is 0 Å². The number of nitrogens with one attached hydrogen (secondary N) is 1. The lowest BCUT2D eigenvalue weighted by Crippen LogP contribution is -2.49. The van der Waals surface area contributed by atoms with Gasteiger partial charge in [0, 0.05) is 44.4 Å². The number of hydrogen-bond donors (Lipinski definition) is 1. The van der Waals surface area contributed by atoms with E-state index in [9.17, 15) is 4.79 Å². The smallest absolute Gasteiger partial charge is 0.253 e. The quantitative estimate of drug-likeness (QED) is 0.654. The molecule has 4 rings (SSSR count). The maximum Gasteiger partial charge on any atom is 0.253 e. The zero-order valence-electron chi connectivity index (χ0n) is 17.9. The number of amides is 1. The molecular weight excluding hydrogens is 390 g/mol. The highest BCUT2D eigenvalue weighted by Gasteiger charge is 2.23. The molecule has 1 fully saturated rings. The van der Waals surface area contributed by atoms with Crippen molar-refractivity contribution in [3.8, 4) is 11.5 Å². The van der Waals surface area contributed by atoms with Crippen molar-refractivity contribution in [3.05, 3.63) is 72.1 Å². The third-order valence-corrected chi connectivity index (χ3v) is 5.15. The molecule has 0 radical (unpaired) electrons. The minimum absolute atomic E-state index is 0.0399. The van der Waals surface area contributed by atoms with E-state index in [1.807, 2.05) is 79.4 Å². The Bertz CT molecular complexity index is 1020. The third kappa shape index (κ3) is 5.12. The third-order valence-electron chi connectivity index (χ3n) is 5.15. The Morgan fingerprint density at radius 2 is 1.65 bits per heavy atom. The standard InChI is InChI=1S/C24H27N5O2/c1-3-25-22-17-23(27-18(2)26-22)28-13-15-29(16-14-28)24(30)19-9-11-21(12-10-19)31-20-7-5-4-6-8-20/h4-12,17H,3,13-16H2,1-2H3,(H,25,26,27). The van der Waals surface area contributed by atoms with E-state index in [1.165, 1.54) is 0 Å². The maximum atomic E-state index is 12.9. The average Bonchev–Trinajstić information content (AvgIpc) is 2.80. The van der Waals surface area contributed by atoms with Crippen LogP contribution < -0.4 is 15.0 Å². The predicted molar refractivity (Wildman–Crippen MR) is 122 cm³/mol. The number of aryl methyl sites for hydroxylation is 1. The van der Waals surface area contributed by atoms with Crippen LogP contribution in [0.25, 0.3) is 0 Å². The van der Waals surface area contributed by atoms with Gasteiger partial charge in [-0.3, -0.25) is 4.79 Å². The van der Waals surface area contributed by atoms with E-state index in [2.05, 4.69) is 20.2 Å². The molecular formula is C24H27N5O2. The molecule has 160 valence electrons. The summed E-state index contributed by atoms with van der Waals surface area (Å²) in [6.45, 7) is 7.54. The lowest BCUT2D eigenvalue weighted by molar-refractivity contribution is 0.0746. The highest BCUT2D eigenvalue weighted by atomic mass is 16.5. The molecule has 0 spiro atoms. The summed E-state index contributed by atoms with van der Waals surface area (Å²) in [6.07, 6.45) is 0. The summed E-state index contributed by atoms with van der Waals surface area (Å²) in [4.78, 5) is 26.0. The second-order valence-electron chi connectivity index (χ2n) is 7.41. The van der Waals surface area contributed by atoms with Crippen molar-refractivity contribution < 1.29 is 9.53 Å². The predicted octanol–water partition coefficient (Wildman–Crippen LogP) is 3.97. The number of benzene rings is 2. The fraction of sp³-hybridized carbons (Fsp3) is 0.292. The molecule has 2 heterocycles. The van der Waals surface area contributed by atoms with Gasteiger partial charge in [0.1, 0.15) is 29.0 Å². The second-order valence-corrected chi connectivity index (χ2v) is 7.41. The minimum Gasteiger partial charge on any atom is -0.457 e. The van der Waals surface area contributed by atoms with Gasteiger partial charge in [0.15, 0.2) is 0 Å². The molecule has 0 bridgehead atoms. The van der Waals surface area contributed by atoms with E-state index in [-0.39, 0.29) is 5.91 Å². The Hall–Kier alpha value is -3.61. The van der Waals surface area contributed by atoms with Crippen LogP contribution in [0.4, 0.5) is 11.6 Å².